The van der Waals surface area contributed by atoms with E-state index >= 15 is 0 Å². The van der Waals surface area contributed by atoms with Gasteiger partial charge in [0.25, 0.3) is 0 Å². The molecule has 0 spiro atoms. The van der Waals surface area contributed by atoms with Gasteiger partial charge in [0.2, 0.25) is 0 Å². The quantitative estimate of drug-likeness (QED) is 0.942. The third-order valence-corrected chi connectivity index (χ3v) is 3.42. The second-order valence-corrected chi connectivity index (χ2v) is 5.12. The van der Waals surface area contributed by atoms with Gasteiger partial charge >= 0.3 is 0 Å². The van der Waals surface area contributed by atoms with Gasteiger partial charge in [-0.1, -0.05) is 17.7 Å². The maximum atomic E-state index is 10.2. The summed E-state index contributed by atoms with van der Waals surface area (Å²) in [7, 11) is 0. The highest BCUT2D eigenvalue weighted by Gasteiger charge is 2.15. The van der Waals surface area contributed by atoms with Crippen molar-refractivity contribution in [2.45, 2.75) is 6.10 Å². The molecule has 5 heteroatoms. The summed E-state index contributed by atoms with van der Waals surface area (Å²) in [4.78, 5) is 0. The van der Waals surface area contributed by atoms with Crippen molar-refractivity contribution in [1.82, 2.24) is 0 Å². The molecule has 21 heavy (non-hydrogen) atoms. The van der Waals surface area contributed by atoms with Gasteiger partial charge in [-0.3, -0.25) is 0 Å². The van der Waals surface area contributed by atoms with Gasteiger partial charge in [0, 0.05) is 5.02 Å². The summed E-state index contributed by atoms with van der Waals surface area (Å²) in [6, 6.07) is 12.4. The Hall–Kier alpha value is -1.91. The zero-order valence-corrected chi connectivity index (χ0v) is 12.0. The van der Waals surface area contributed by atoms with Crippen LogP contribution in [0.5, 0.6) is 17.2 Å². The van der Waals surface area contributed by atoms with Crippen LogP contribution in [0.15, 0.2) is 42.5 Å². The van der Waals surface area contributed by atoms with Crippen LogP contribution in [0.1, 0.15) is 11.7 Å². The Morgan fingerprint density at radius 1 is 1.05 bits per heavy atom. The second-order valence-electron chi connectivity index (χ2n) is 4.68. The predicted octanol–water partition coefficient (Wildman–Crippen LogP) is 3.22. The van der Waals surface area contributed by atoms with Crippen LogP contribution in [0.4, 0.5) is 0 Å². The van der Waals surface area contributed by atoms with E-state index < -0.39 is 6.10 Å². The second kappa shape index (κ2) is 6.24. The lowest BCUT2D eigenvalue weighted by atomic mass is 10.1. The number of ether oxygens (including phenoxy) is 3. The summed E-state index contributed by atoms with van der Waals surface area (Å²) in [5, 5.41) is 10.8. The Bertz CT molecular complexity index is 612. The summed E-state index contributed by atoms with van der Waals surface area (Å²) in [6.07, 6.45) is -0.739. The van der Waals surface area contributed by atoms with E-state index in [-0.39, 0.29) is 6.61 Å². The average Bonchev–Trinajstić information content (AvgIpc) is 2.53. The number of hydrogen-bond acceptors (Lipinski definition) is 4. The minimum absolute atomic E-state index is 0.154. The number of fused-ring (bicyclic) bond motifs is 1. The fourth-order valence-electron chi connectivity index (χ4n) is 2.07. The third-order valence-electron chi connectivity index (χ3n) is 3.17. The Morgan fingerprint density at radius 3 is 2.52 bits per heavy atom. The summed E-state index contributed by atoms with van der Waals surface area (Å²) in [5.41, 5.74) is 0.730. The van der Waals surface area contributed by atoms with Crippen LogP contribution in [0.2, 0.25) is 5.02 Å². The zero-order chi connectivity index (χ0) is 14.7. The molecule has 2 aromatic carbocycles. The maximum absolute atomic E-state index is 10.2. The molecule has 1 unspecified atom stereocenters. The highest BCUT2D eigenvalue weighted by atomic mass is 35.5. The van der Waals surface area contributed by atoms with Crippen molar-refractivity contribution in [1.29, 1.82) is 0 Å². The molecule has 0 amide bonds. The lowest BCUT2D eigenvalue weighted by Gasteiger charge is -2.20. The zero-order valence-electron chi connectivity index (χ0n) is 11.3. The normalized spacial score (nSPS) is 14.6. The van der Waals surface area contributed by atoms with E-state index in [1.54, 1.807) is 36.4 Å². The Morgan fingerprint density at radius 2 is 1.76 bits per heavy atom. The smallest absolute Gasteiger partial charge is 0.161 e. The summed E-state index contributed by atoms with van der Waals surface area (Å²) in [5.74, 6) is 2.02. The molecule has 3 rings (SSSR count). The van der Waals surface area contributed by atoms with E-state index in [0.29, 0.717) is 35.5 Å². The minimum Gasteiger partial charge on any atom is -0.491 e. The molecular weight excluding hydrogens is 292 g/mol. The molecule has 0 aromatic heterocycles. The highest BCUT2D eigenvalue weighted by molar-refractivity contribution is 6.30. The highest BCUT2D eigenvalue weighted by Crippen LogP contribution is 2.32. The molecule has 1 aliphatic rings. The summed E-state index contributed by atoms with van der Waals surface area (Å²) in [6.45, 7) is 1.23. The molecule has 0 fully saturated rings. The number of benzene rings is 2. The molecule has 1 heterocycles. The van der Waals surface area contributed by atoms with Crippen LogP contribution in [0.25, 0.3) is 0 Å². The molecule has 0 saturated carbocycles. The minimum atomic E-state index is -0.739. The van der Waals surface area contributed by atoms with Crippen molar-refractivity contribution in [3.8, 4) is 17.2 Å². The molecule has 4 nitrogen and oxygen atoms in total. The van der Waals surface area contributed by atoms with Crippen LogP contribution in [0.3, 0.4) is 0 Å². The van der Waals surface area contributed by atoms with E-state index in [2.05, 4.69) is 0 Å². The van der Waals surface area contributed by atoms with Gasteiger partial charge in [0.05, 0.1) is 0 Å². The van der Waals surface area contributed by atoms with Gasteiger partial charge in [-0.2, -0.15) is 0 Å². The summed E-state index contributed by atoms with van der Waals surface area (Å²) >= 11 is 5.81. The standard InChI is InChI=1S/C16H15ClO4/c17-12-2-4-13(5-3-12)21-10-14(18)11-1-6-15-16(9-11)20-8-7-19-15/h1-6,9,14,18H,7-8,10H2. The molecule has 1 atom stereocenters. The SMILES string of the molecule is OC(COc1ccc(Cl)cc1)c1ccc2c(c1)OCCO2. The van der Waals surface area contributed by atoms with Gasteiger partial charge in [-0.05, 0) is 42.0 Å². The van der Waals surface area contributed by atoms with Gasteiger partial charge in [-0.15, -0.1) is 0 Å². The molecule has 0 radical (unpaired) electrons. The van der Waals surface area contributed by atoms with Crippen LogP contribution < -0.4 is 14.2 Å². The van der Waals surface area contributed by atoms with Crippen LogP contribution in [-0.4, -0.2) is 24.9 Å². The van der Waals surface area contributed by atoms with Gasteiger partial charge < -0.3 is 19.3 Å². The van der Waals surface area contributed by atoms with Crippen molar-refractivity contribution < 1.29 is 19.3 Å². The molecule has 0 saturated heterocycles. The first-order chi connectivity index (χ1) is 10.2. The van der Waals surface area contributed by atoms with Crippen LogP contribution in [0, 0.1) is 0 Å². The largest absolute Gasteiger partial charge is 0.491 e. The molecule has 1 N–H and O–H groups in total. The van der Waals surface area contributed by atoms with Gasteiger partial charge in [0.15, 0.2) is 11.5 Å². The predicted molar refractivity (Wildman–Crippen MR) is 79.3 cm³/mol. The average molecular weight is 307 g/mol. The molecule has 0 aliphatic carbocycles. The number of aliphatic hydroxyl groups excluding tert-OH is 1. The van der Waals surface area contributed by atoms with E-state index in [0.717, 1.165) is 5.56 Å². The van der Waals surface area contributed by atoms with Gasteiger partial charge in [0.1, 0.15) is 31.7 Å². The molecule has 110 valence electrons. The fourth-order valence-corrected chi connectivity index (χ4v) is 2.20. The number of rotatable bonds is 4. The monoisotopic (exact) mass is 306 g/mol. The Kier molecular flexibility index (Phi) is 4.18. The lowest BCUT2D eigenvalue weighted by Crippen LogP contribution is -2.16. The molecule has 0 bridgehead atoms. The number of hydrogen-bond donors (Lipinski definition) is 1. The van der Waals surface area contributed by atoms with Crippen LogP contribution in [-0.2, 0) is 0 Å². The lowest BCUT2D eigenvalue weighted by molar-refractivity contribution is 0.107. The Labute approximate surface area is 127 Å². The topological polar surface area (TPSA) is 47.9 Å². The van der Waals surface area contributed by atoms with Crippen molar-refractivity contribution in [3.63, 3.8) is 0 Å². The van der Waals surface area contributed by atoms with Crippen molar-refractivity contribution in [3.05, 3.63) is 53.1 Å². The summed E-state index contributed by atoms with van der Waals surface area (Å²) < 4.78 is 16.5. The third kappa shape index (κ3) is 3.40. The Balaban J connectivity index is 1.65. The molecular formula is C16H15ClO4. The van der Waals surface area contributed by atoms with Crippen molar-refractivity contribution in [2.24, 2.45) is 0 Å². The van der Waals surface area contributed by atoms with E-state index in [1.165, 1.54) is 0 Å². The van der Waals surface area contributed by atoms with E-state index in [9.17, 15) is 5.11 Å². The first-order valence-corrected chi connectivity index (χ1v) is 7.06. The fraction of sp³-hybridized carbons (Fsp3) is 0.250. The molecule has 1 aliphatic heterocycles. The van der Waals surface area contributed by atoms with Crippen molar-refractivity contribution in [2.75, 3.05) is 19.8 Å². The van der Waals surface area contributed by atoms with E-state index in [1.807, 2.05) is 6.07 Å². The number of aliphatic hydroxyl groups is 1. The first kappa shape index (κ1) is 14.0. The van der Waals surface area contributed by atoms with Crippen molar-refractivity contribution >= 4 is 11.6 Å². The van der Waals surface area contributed by atoms with Crippen LogP contribution >= 0.6 is 11.6 Å². The number of halogens is 1. The van der Waals surface area contributed by atoms with Gasteiger partial charge in [-0.25, -0.2) is 0 Å². The maximum Gasteiger partial charge on any atom is 0.161 e. The first-order valence-electron chi connectivity index (χ1n) is 6.68. The molecule has 2 aromatic rings. The van der Waals surface area contributed by atoms with E-state index in [4.69, 9.17) is 25.8 Å².